The molecule has 0 aliphatic carbocycles. The first kappa shape index (κ1) is 22.4. The van der Waals surface area contributed by atoms with Crippen molar-refractivity contribution >= 4 is 27.0 Å². The van der Waals surface area contributed by atoms with Crippen LogP contribution in [0.3, 0.4) is 0 Å². The molecule has 1 aromatic carbocycles. The average molecular weight is 489 g/mol. The van der Waals surface area contributed by atoms with E-state index in [0.717, 1.165) is 10.0 Å². The van der Waals surface area contributed by atoms with Crippen LogP contribution in [0.5, 0.6) is 0 Å². The van der Waals surface area contributed by atoms with E-state index in [0.29, 0.717) is 27.8 Å². The van der Waals surface area contributed by atoms with Gasteiger partial charge in [-0.15, -0.1) is 0 Å². The van der Waals surface area contributed by atoms with E-state index in [2.05, 4.69) is 15.0 Å². The highest BCUT2D eigenvalue weighted by atomic mass is 32.2. The van der Waals surface area contributed by atoms with Gasteiger partial charge >= 0.3 is 5.97 Å². The molecule has 35 heavy (non-hydrogen) atoms. The summed E-state index contributed by atoms with van der Waals surface area (Å²) in [7, 11) is -4.07. The van der Waals surface area contributed by atoms with Crippen LogP contribution in [0.2, 0.25) is 0 Å². The molecule has 0 saturated carbocycles. The second-order valence-electron chi connectivity index (χ2n) is 7.79. The van der Waals surface area contributed by atoms with Crippen molar-refractivity contribution in [1.82, 2.24) is 18.9 Å². The molecular weight excluding hydrogens is 471 g/mol. The summed E-state index contributed by atoms with van der Waals surface area (Å²) >= 11 is 0. The maximum Gasteiger partial charge on any atom is 0.354 e. The number of halogens is 1. The van der Waals surface area contributed by atoms with Crippen molar-refractivity contribution in [2.24, 2.45) is 0 Å². The van der Waals surface area contributed by atoms with Gasteiger partial charge in [-0.1, -0.05) is 24.3 Å². The molecule has 4 aromatic heterocycles. The number of pyridine rings is 3. The van der Waals surface area contributed by atoms with Crippen molar-refractivity contribution in [2.45, 2.75) is 11.8 Å². The van der Waals surface area contributed by atoms with E-state index >= 15 is 0 Å². The molecule has 5 aromatic rings. The van der Waals surface area contributed by atoms with Crippen LogP contribution in [0.15, 0.2) is 84.0 Å². The van der Waals surface area contributed by atoms with E-state index in [4.69, 9.17) is 0 Å². The molecule has 0 aliphatic heterocycles. The summed E-state index contributed by atoms with van der Waals surface area (Å²) < 4.78 is 41.8. The summed E-state index contributed by atoms with van der Waals surface area (Å²) in [4.78, 5) is 23.9. The smallest absolute Gasteiger partial charge is 0.354 e. The predicted octanol–water partition coefficient (Wildman–Crippen LogP) is 4.54. The average Bonchev–Trinajstić information content (AvgIpc) is 3.25. The molecule has 1 N–H and O–H groups in total. The quantitative estimate of drug-likeness (QED) is 0.361. The van der Waals surface area contributed by atoms with Crippen LogP contribution in [-0.2, 0) is 10.0 Å². The number of aryl methyl sites for hydroxylation is 1. The first-order valence-electron chi connectivity index (χ1n) is 10.4. The predicted molar refractivity (Wildman–Crippen MR) is 127 cm³/mol. The standard InChI is InChI=1S/C25H17FN4O4S/c1-15-7-9-20(29-23(15)25(31)32)18-11-17-12-21(16-8-10-22(26)27-13-16)30(24(17)28-14-18)35(33,34)19-5-3-2-4-6-19/h2-14H,1H3,(H,31,32). The van der Waals surface area contributed by atoms with Gasteiger partial charge in [0.25, 0.3) is 10.0 Å². The number of carbonyl (C=O) groups is 1. The Morgan fingerprint density at radius 2 is 1.69 bits per heavy atom. The molecule has 0 aliphatic rings. The first-order valence-corrected chi connectivity index (χ1v) is 11.8. The summed E-state index contributed by atoms with van der Waals surface area (Å²) in [5, 5.41) is 9.88. The van der Waals surface area contributed by atoms with Gasteiger partial charge in [0.2, 0.25) is 5.95 Å². The van der Waals surface area contributed by atoms with Gasteiger partial charge in [-0.25, -0.2) is 32.1 Å². The van der Waals surface area contributed by atoms with E-state index in [9.17, 15) is 22.7 Å². The zero-order valence-corrected chi connectivity index (χ0v) is 19.1. The summed E-state index contributed by atoms with van der Waals surface area (Å²) in [6.45, 7) is 1.65. The summed E-state index contributed by atoms with van der Waals surface area (Å²) in [5.41, 5.74) is 2.12. The normalized spacial score (nSPS) is 11.6. The third-order valence-electron chi connectivity index (χ3n) is 5.50. The molecule has 0 unspecified atom stereocenters. The lowest BCUT2D eigenvalue weighted by Crippen LogP contribution is -2.14. The first-order chi connectivity index (χ1) is 16.8. The van der Waals surface area contributed by atoms with Crippen molar-refractivity contribution in [1.29, 1.82) is 0 Å². The Hall–Kier alpha value is -4.44. The molecule has 0 fully saturated rings. The molecule has 174 valence electrons. The largest absolute Gasteiger partial charge is 0.477 e. The zero-order chi connectivity index (χ0) is 24.7. The molecule has 8 nitrogen and oxygen atoms in total. The van der Waals surface area contributed by atoms with Gasteiger partial charge in [-0.2, -0.15) is 4.39 Å². The minimum absolute atomic E-state index is 0.0611. The Labute approximate surface area is 199 Å². The second-order valence-corrected chi connectivity index (χ2v) is 9.57. The van der Waals surface area contributed by atoms with Crippen LogP contribution in [0.1, 0.15) is 16.1 Å². The fourth-order valence-corrected chi connectivity index (χ4v) is 5.29. The highest BCUT2D eigenvalue weighted by molar-refractivity contribution is 7.90. The maximum absolute atomic E-state index is 13.6. The van der Waals surface area contributed by atoms with Crippen molar-refractivity contribution in [3.63, 3.8) is 0 Å². The molecule has 4 heterocycles. The number of nitrogens with zero attached hydrogens (tertiary/aromatic N) is 4. The lowest BCUT2D eigenvalue weighted by atomic mass is 10.1. The highest BCUT2D eigenvalue weighted by Gasteiger charge is 2.25. The molecular formula is C25H17FN4O4S. The van der Waals surface area contributed by atoms with Crippen LogP contribution in [-0.4, -0.2) is 38.4 Å². The van der Waals surface area contributed by atoms with Crippen LogP contribution < -0.4 is 0 Å². The highest BCUT2D eigenvalue weighted by Crippen LogP contribution is 2.33. The molecule has 10 heteroatoms. The maximum atomic E-state index is 13.6. The van der Waals surface area contributed by atoms with Crippen LogP contribution in [0.4, 0.5) is 4.39 Å². The lowest BCUT2D eigenvalue weighted by Gasteiger charge is -2.11. The van der Waals surface area contributed by atoms with Gasteiger partial charge in [0.05, 0.1) is 16.3 Å². The lowest BCUT2D eigenvalue weighted by molar-refractivity contribution is 0.0689. The summed E-state index contributed by atoms with van der Waals surface area (Å²) in [5.74, 6) is -1.84. The number of aromatic carboxylic acids is 1. The number of benzene rings is 1. The van der Waals surface area contributed by atoms with Gasteiger partial charge < -0.3 is 5.11 Å². The second kappa shape index (κ2) is 8.41. The summed E-state index contributed by atoms with van der Waals surface area (Å²) in [6, 6.07) is 17.1. The van der Waals surface area contributed by atoms with E-state index in [1.807, 2.05) is 0 Å². The number of fused-ring (bicyclic) bond motifs is 1. The topological polar surface area (TPSA) is 115 Å². The number of hydrogen-bond acceptors (Lipinski definition) is 6. The van der Waals surface area contributed by atoms with Crippen molar-refractivity contribution in [3.8, 4) is 22.5 Å². The Morgan fingerprint density at radius 3 is 2.37 bits per heavy atom. The van der Waals surface area contributed by atoms with Crippen molar-refractivity contribution in [2.75, 3.05) is 0 Å². The minimum Gasteiger partial charge on any atom is -0.477 e. The minimum atomic E-state index is -4.07. The number of carboxylic acid groups (broad SMARTS) is 1. The summed E-state index contributed by atoms with van der Waals surface area (Å²) in [6.07, 6.45) is 2.69. The van der Waals surface area contributed by atoms with Gasteiger partial charge in [-0.05, 0) is 55.0 Å². The van der Waals surface area contributed by atoms with E-state index in [-0.39, 0.29) is 21.9 Å². The van der Waals surface area contributed by atoms with E-state index in [1.165, 1.54) is 30.6 Å². The molecule has 0 atom stereocenters. The van der Waals surface area contributed by atoms with Gasteiger partial charge in [-0.3, -0.25) is 0 Å². The Kier molecular flexibility index (Phi) is 5.37. The van der Waals surface area contributed by atoms with Gasteiger partial charge in [0.15, 0.2) is 11.3 Å². The van der Waals surface area contributed by atoms with Gasteiger partial charge in [0.1, 0.15) is 0 Å². The number of carboxylic acids is 1. The Bertz CT molecular complexity index is 1700. The number of aromatic nitrogens is 4. The fourth-order valence-electron chi connectivity index (χ4n) is 3.79. The van der Waals surface area contributed by atoms with Crippen LogP contribution in [0.25, 0.3) is 33.5 Å². The van der Waals surface area contributed by atoms with Crippen molar-refractivity contribution in [3.05, 3.63) is 96.3 Å². The molecule has 0 amide bonds. The molecule has 0 radical (unpaired) electrons. The van der Waals surface area contributed by atoms with E-state index < -0.39 is 21.9 Å². The molecule has 0 bridgehead atoms. The zero-order valence-electron chi connectivity index (χ0n) is 18.3. The molecule has 0 spiro atoms. The molecule has 0 saturated heterocycles. The number of rotatable bonds is 5. The monoisotopic (exact) mass is 488 g/mol. The number of hydrogen-bond donors (Lipinski definition) is 1. The Morgan fingerprint density at radius 1 is 0.943 bits per heavy atom. The van der Waals surface area contributed by atoms with E-state index in [1.54, 1.807) is 49.4 Å². The van der Waals surface area contributed by atoms with Crippen molar-refractivity contribution < 1.29 is 22.7 Å². The van der Waals surface area contributed by atoms with Crippen LogP contribution in [0, 0.1) is 12.9 Å². The van der Waals surface area contributed by atoms with Gasteiger partial charge in [0, 0.05) is 28.9 Å². The third kappa shape index (κ3) is 3.93. The SMILES string of the molecule is Cc1ccc(-c2cnc3c(c2)cc(-c2ccc(F)nc2)n3S(=O)(=O)c2ccccc2)nc1C(=O)O. The Balaban J connectivity index is 1.75. The fraction of sp³-hybridized carbons (Fsp3) is 0.0400. The van der Waals surface area contributed by atoms with Crippen LogP contribution >= 0.6 is 0 Å². The third-order valence-corrected chi connectivity index (χ3v) is 7.22. The molecule has 5 rings (SSSR count).